The Hall–Kier alpha value is -1.62. The highest BCUT2D eigenvalue weighted by atomic mass is 16.3. The first-order chi connectivity index (χ1) is 8.74. The van der Waals surface area contributed by atoms with Gasteiger partial charge in [-0.05, 0) is 19.4 Å². The summed E-state index contributed by atoms with van der Waals surface area (Å²) in [6.45, 7) is 5.70. The number of hydrogen-bond acceptors (Lipinski definition) is 4. The molecule has 1 amide bonds. The number of aliphatic hydroxyl groups excluding tert-OH is 1. The molecule has 0 aliphatic heterocycles. The van der Waals surface area contributed by atoms with E-state index in [0.717, 1.165) is 18.7 Å². The number of carbonyl (C=O) groups is 1. The third-order valence-corrected chi connectivity index (χ3v) is 2.57. The number of pyridine rings is 1. The molecule has 100 valence electrons. The SMILES string of the molecule is CCCN(CCO)C(=O)c1cnccc1NCC. The number of rotatable bonds is 7. The Morgan fingerprint density at radius 3 is 2.83 bits per heavy atom. The maximum atomic E-state index is 12.4. The second-order valence-corrected chi connectivity index (χ2v) is 3.97. The molecule has 0 aliphatic rings. The summed E-state index contributed by atoms with van der Waals surface area (Å²) in [6.07, 6.45) is 4.09. The maximum absolute atomic E-state index is 12.4. The minimum Gasteiger partial charge on any atom is -0.395 e. The molecule has 2 N–H and O–H groups in total. The minimum atomic E-state index is -0.0880. The Morgan fingerprint density at radius 2 is 2.22 bits per heavy atom. The van der Waals surface area contributed by atoms with Crippen molar-refractivity contribution in [2.75, 3.05) is 31.6 Å². The van der Waals surface area contributed by atoms with Crippen LogP contribution in [0.15, 0.2) is 18.5 Å². The van der Waals surface area contributed by atoms with Crippen LogP contribution in [-0.4, -0.2) is 47.1 Å². The predicted molar refractivity (Wildman–Crippen MR) is 71.7 cm³/mol. The van der Waals surface area contributed by atoms with Gasteiger partial charge in [0.15, 0.2) is 0 Å². The average Bonchev–Trinajstić information content (AvgIpc) is 2.39. The summed E-state index contributed by atoms with van der Waals surface area (Å²) in [6, 6.07) is 1.79. The molecule has 5 heteroatoms. The normalized spacial score (nSPS) is 10.2. The molecule has 0 spiro atoms. The molecule has 0 fully saturated rings. The van der Waals surface area contributed by atoms with E-state index in [9.17, 15) is 4.79 Å². The van der Waals surface area contributed by atoms with E-state index < -0.39 is 0 Å². The van der Waals surface area contributed by atoms with Crippen molar-refractivity contribution in [3.8, 4) is 0 Å². The second kappa shape index (κ2) is 7.66. The van der Waals surface area contributed by atoms with E-state index in [2.05, 4.69) is 10.3 Å². The number of nitrogens with one attached hydrogen (secondary N) is 1. The summed E-state index contributed by atoms with van der Waals surface area (Å²) >= 11 is 0. The van der Waals surface area contributed by atoms with Gasteiger partial charge in [-0.15, -0.1) is 0 Å². The summed E-state index contributed by atoms with van der Waals surface area (Å²) in [5.41, 5.74) is 1.35. The van der Waals surface area contributed by atoms with Crippen molar-refractivity contribution in [2.24, 2.45) is 0 Å². The summed E-state index contributed by atoms with van der Waals surface area (Å²) in [4.78, 5) is 18.0. The van der Waals surface area contributed by atoms with Gasteiger partial charge in [-0.25, -0.2) is 0 Å². The number of hydrogen-bond donors (Lipinski definition) is 2. The zero-order valence-electron chi connectivity index (χ0n) is 11.0. The van der Waals surface area contributed by atoms with E-state index in [1.165, 1.54) is 0 Å². The smallest absolute Gasteiger partial charge is 0.257 e. The standard InChI is InChI=1S/C13H21N3O2/c1-3-7-16(8-9-17)13(18)11-10-14-6-5-12(11)15-4-2/h5-6,10,17H,3-4,7-9H2,1-2H3,(H,14,15). The fourth-order valence-corrected chi connectivity index (χ4v) is 1.79. The average molecular weight is 251 g/mol. The molecule has 0 saturated heterocycles. The first-order valence-corrected chi connectivity index (χ1v) is 6.32. The van der Waals surface area contributed by atoms with Crippen LogP contribution in [0.25, 0.3) is 0 Å². The van der Waals surface area contributed by atoms with E-state index in [1.807, 2.05) is 13.8 Å². The van der Waals surface area contributed by atoms with E-state index in [0.29, 0.717) is 18.7 Å². The fourth-order valence-electron chi connectivity index (χ4n) is 1.79. The van der Waals surface area contributed by atoms with E-state index in [-0.39, 0.29) is 12.5 Å². The van der Waals surface area contributed by atoms with Crippen LogP contribution in [0.2, 0.25) is 0 Å². The Bertz CT molecular complexity index is 376. The number of aliphatic hydroxyl groups is 1. The quantitative estimate of drug-likeness (QED) is 0.768. The Labute approximate surface area is 108 Å². The topological polar surface area (TPSA) is 65.5 Å². The third-order valence-electron chi connectivity index (χ3n) is 2.57. The van der Waals surface area contributed by atoms with Gasteiger partial charge in [0.2, 0.25) is 0 Å². The summed E-state index contributed by atoms with van der Waals surface area (Å²) < 4.78 is 0. The van der Waals surface area contributed by atoms with Crippen LogP contribution in [0, 0.1) is 0 Å². The van der Waals surface area contributed by atoms with Crippen molar-refractivity contribution in [1.29, 1.82) is 0 Å². The molecule has 0 aliphatic carbocycles. The Morgan fingerprint density at radius 1 is 1.44 bits per heavy atom. The van der Waals surface area contributed by atoms with Gasteiger partial charge in [0, 0.05) is 32.0 Å². The Kier molecular flexibility index (Phi) is 6.14. The van der Waals surface area contributed by atoms with Gasteiger partial charge in [-0.1, -0.05) is 6.92 Å². The van der Waals surface area contributed by atoms with Gasteiger partial charge < -0.3 is 15.3 Å². The largest absolute Gasteiger partial charge is 0.395 e. The number of anilines is 1. The molecule has 1 aromatic rings. The number of nitrogens with zero attached hydrogens (tertiary/aromatic N) is 2. The summed E-state index contributed by atoms with van der Waals surface area (Å²) in [5, 5.41) is 12.2. The van der Waals surface area contributed by atoms with Crippen molar-refractivity contribution < 1.29 is 9.90 Å². The summed E-state index contributed by atoms with van der Waals surface area (Å²) in [5.74, 6) is -0.0880. The lowest BCUT2D eigenvalue weighted by atomic mass is 10.2. The fraction of sp³-hybridized carbons (Fsp3) is 0.538. The minimum absolute atomic E-state index is 0.0253. The molecule has 0 aromatic carbocycles. The van der Waals surface area contributed by atoms with Crippen LogP contribution in [0.5, 0.6) is 0 Å². The van der Waals surface area contributed by atoms with Gasteiger partial charge in [-0.2, -0.15) is 0 Å². The zero-order chi connectivity index (χ0) is 13.4. The molecule has 0 saturated carbocycles. The first-order valence-electron chi connectivity index (χ1n) is 6.32. The van der Waals surface area contributed by atoms with Crippen molar-refractivity contribution in [3.05, 3.63) is 24.0 Å². The van der Waals surface area contributed by atoms with E-state index >= 15 is 0 Å². The van der Waals surface area contributed by atoms with Crippen molar-refractivity contribution in [2.45, 2.75) is 20.3 Å². The molecule has 0 unspecified atom stereocenters. The van der Waals surface area contributed by atoms with Crippen LogP contribution in [-0.2, 0) is 0 Å². The van der Waals surface area contributed by atoms with Gasteiger partial charge in [0.25, 0.3) is 5.91 Å². The number of amides is 1. The number of aromatic nitrogens is 1. The zero-order valence-corrected chi connectivity index (χ0v) is 11.0. The highest BCUT2D eigenvalue weighted by Crippen LogP contribution is 2.15. The van der Waals surface area contributed by atoms with Crippen LogP contribution >= 0.6 is 0 Å². The molecule has 1 rings (SSSR count). The molecule has 0 bridgehead atoms. The third kappa shape index (κ3) is 3.70. The molecular weight excluding hydrogens is 230 g/mol. The molecule has 1 aromatic heterocycles. The molecule has 1 heterocycles. The lowest BCUT2D eigenvalue weighted by molar-refractivity contribution is 0.0722. The van der Waals surface area contributed by atoms with Crippen molar-refractivity contribution in [1.82, 2.24) is 9.88 Å². The molecule has 18 heavy (non-hydrogen) atoms. The Balaban J connectivity index is 2.92. The highest BCUT2D eigenvalue weighted by Gasteiger charge is 2.17. The maximum Gasteiger partial charge on any atom is 0.257 e. The number of carbonyl (C=O) groups excluding carboxylic acids is 1. The van der Waals surface area contributed by atoms with Crippen LogP contribution < -0.4 is 5.32 Å². The van der Waals surface area contributed by atoms with Gasteiger partial charge in [0.1, 0.15) is 0 Å². The van der Waals surface area contributed by atoms with Crippen LogP contribution in [0.1, 0.15) is 30.6 Å². The second-order valence-electron chi connectivity index (χ2n) is 3.97. The van der Waals surface area contributed by atoms with Crippen molar-refractivity contribution in [3.63, 3.8) is 0 Å². The molecule has 5 nitrogen and oxygen atoms in total. The summed E-state index contributed by atoms with van der Waals surface area (Å²) in [7, 11) is 0. The van der Waals surface area contributed by atoms with Crippen molar-refractivity contribution >= 4 is 11.6 Å². The molecule has 0 atom stereocenters. The van der Waals surface area contributed by atoms with E-state index in [4.69, 9.17) is 5.11 Å². The lowest BCUT2D eigenvalue weighted by Crippen LogP contribution is -2.34. The van der Waals surface area contributed by atoms with E-state index in [1.54, 1.807) is 23.4 Å². The first kappa shape index (κ1) is 14.4. The van der Waals surface area contributed by atoms with Crippen LogP contribution in [0.4, 0.5) is 5.69 Å². The van der Waals surface area contributed by atoms with Crippen LogP contribution in [0.3, 0.4) is 0 Å². The van der Waals surface area contributed by atoms with Gasteiger partial charge in [0.05, 0.1) is 17.9 Å². The van der Waals surface area contributed by atoms with Gasteiger partial charge in [-0.3, -0.25) is 9.78 Å². The van der Waals surface area contributed by atoms with Gasteiger partial charge >= 0.3 is 0 Å². The highest BCUT2D eigenvalue weighted by molar-refractivity contribution is 5.99. The monoisotopic (exact) mass is 251 g/mol. The molecular formula is C13H21N3O2. The predicted octanol–water partition coefficient (Wildman–Crippen LogP) is 1.36. The lowest BCUT2D eigenvalue weighted by Gasteiger charge is -2.22. The molecule has 0 radical (unpaired) electrons.